The zero-order valence-electron chi connectivity index (χ0n) is 15.0. The lowest BCUT2D eigenvalue weighted by molar-refractivity contribution is -0.146. The summed E-state index contributed by atoms with van der Waals surface area (Å²) in [5, 5.41) is 4.60. The maximum atomic E-state index is 13.5. The molecule has 1 aromatic carbocycles. The number of fused-ring (bicyclic) bond motifs is 1. The number of likely N-dealkylation sites (tertiary alicyclic amines) is 1. The van der Waals surface area contributed by atoms with Gasteiger partial charge in [0.05, 0.1) is 18.5 Å². The Labute approximate surface area is 152 Å². The van der Waals surface area contributed by atoms with Crippen molar-refractivity contribution in [3.8, 4) is 5.69 Å². The van der Waals surface area contributed by atoms with Crippen molar-refractivity contribution in [1.82, 2.24) is 14.7 Å². The largest absolute Gasteiger partial charge is 0.468 e. The summed E-state index contributed by atoms with van der Waals surface area (Å²) in [6.07, 6.45) is 7.49. The van der Waals surface area contributed by atoms with Crippen molar-refractivity contribution in [3.05, 3.63) is 48.0 Å². The molecule has 0 N–H and O–H groups in total. The predicted molar refractivity (Wildman–Crippen MR) is 95.2 cm³/mol. The van der Waals surface area contributed by atoms with Gasteiger partial charge in [-0.15, -0.1) is 0 Å². The van der Waals surface area contributed by atoms with Crippen molar-refractivity contribution < 1.29 is 13.9 Å². The Bertz CT molecular complexity index is 791. The van der Waals surface area contributed by atoms with Gasteiger partial charge in [-0.1, -0.05) is 18.9 Å². The molecule has 2 fully saturated rings. The van der Waals surface area contributed by atoms with E-state index in [2.05, 4.69) is 10.00 Å². The number of nitrogens with zero attached hydrogens (tertiary/aromatic N) is 3. The predicted octanol–water partition coefficient (Wildman–Crippen LogP) is 3.32. The van der Waals surface area contributed by atoms with E-state index in [1.54, 1.807) is 10.7 Å². The van der Waals surface area contributed by atoms with Crippen LogP contribution in [0.25, 0.3) is 5.69 Å². The highest BCUT2D eigenvalue weighted by Crippen LogP contribution is 2.40. The molecule has 2 aromatic rings. The Morgan fingerprint density at radius 2 is 2.15 bits per heavy atom. The third-order valence-electron chi connectivity index (χ3n) is 5.76. The number of carbonyl (C=O) groups excluding carboxylic acids is 1. The molecule has 138 valence electrons. The third-order valence-corrected chi connectivity index (χ3v) is 5.76. The van der Waals surface area contributed by atoms with Gasteiger partial charge in [-0.3, -0.25) is 9.69 Å². The molecular formula is C20H24FN3O2. The van der Waals surface area contributed by atoms with Crippen molar-refractivity contribution in [2.45, 2.75) is 50.7 Å². The van der Waals surface area contributed by atoms with Crippen LogP contribution in [0.2, 0.25) is 0 Å². The summed E-state index contributed by atoms with van der Waals surface area (Å²) in [6.45, 7) is 0.614. The van der Waals surface area contributed by atoms with E-state index in [1.165, 1.54) is 38.5 Å². The van der Waals surface area contributed by atoms with E-state index in [9.17, 15) is 9.18 Å². The standard InChI is InChI=1S/C20H24FN3O2/c1-26-20(25)19-11-14-5-2-3-8-18(14)23(19)13-16-9-10-24(22-16)17-7-4-6-15(21)12-17/h4,6-7,9-10,12,14,18-19H,2-3,5,8,11,13H2,1H3/t14-,18+,19-/m0/s1. The minimum absolute atomic E-state index is 0.149. The monoisotopic (exact) mass is 357 g/mol. The van der Waals surface area contributed by atoms with Crippen molar-refractivity contribution in [3.63, 3.8) is 0 Å². The van der Waals surface area contributed by atoms with Crippen molar-refractivity contribution in [1.29, 1.82) is 0 Å². The Balaban J connectivity index is 1.55. The number of benzene rings is 1. The van der Waals surface area contributed by atoms with Gasteiger partial charge in [-0.25, -0.2) is 9.07 Å². The zero-order chi connectivity index (χ0) is 18.1. The zero-order valence-corrected chi connectivity index (χ0v) is 15.0. The topological polar surface area (TPSA) is 47.4 Å². The molecule has 1 aromatic heterocycles. The first-order valence-electron chi connectivity index (χ1n) is 9.30. The first kappa shape index (κ1) is 17.2. The first-order chi connectivity index (χ1) is 12.7. The molecule has 4 rings (SSSR count). The number of ether oxygens (including phenoxy) is 1. The van der Waals surface area contributed by atoms with Crippen LogP contribution in [0.4, 0.5) is 4.39 Å². The minimum Gasteiger partial charge on any atom is -0.468 e. The van der Waals surface area contributed by atoms with Crippen LogP contribution in [0.15, 0.2) is 36.5 Å². The average molecular weight is 357 g/mol. The second-order valence-corrected chi connectivity index (χ2v) is 7.29. The van der Waals surface area contributed by atoms with Gasteiger partial charge in [-0.05, 0) is 49.4 Å². The molecule has 0 unspecified atom stereocenters. The summed E-state index contributed by atoms with van der Waals surface area (Å²) < 4.78 is 20.2. The van der Waals surface area contributed by atoms with Crippen molar-refractivity contribution in [2.75, 3.05) is 7.11 Å². The van der Waals surface area contributed by atoms with Gasteiger partial charge >= 0.3 is 5.97 Å². The number of carbonyl (C=O) groups is 1. The SMILES string of the molecule is COC(=O)[C@@H]1C[C@@H]2CCCC[C@H]2N1Cc1ccn(-c2cccc(F)c2)n1. The van der Waals surface area contributed by atoms with Crippen LogP contribution in [0, 0.1) is 11.7 Å². The maximum Gasteiger partial charge on any atom is 0.323 e. The molecule has 1 saturated heterocycles. The number of hydrogen-bond acceptors (Lipinski definition) is 4. The van der Waals surface area contributed by atoms with Crippen LogP contribution in [-0.2, 0) is 16.1 Å². The number of rotatable bonds is 4. The number of esters is 1. The number of methoxy groups -OCH3 is 1. The smallest absolute Gasteiger partial charge is 0.323 e. The number of aromatic nitrogens is 2. The number of hydrogen-bond donors (Lipinski definition) is 0. The van der Waals surface area contributed by atoms with E-state index in [0.29, 0.717) is 24.2 Å². The molecule has 3 atom stereocenters. The lowest BCUT2D eigenvalue weighted by Gasteiger charge is -2.32. The highest BCUT2D eigenvalue weighted by atomic mass is 19.1. The number of halogens is 1. The Kier molecular flexibility index (Phi) is 4.76. The van der Waals surface area contributed by atoms with E-state index >= 15 is 0 Å². The van der Waals surface area contributed by atoms with Gasteiger partial charge in [0, 0.05) is 18.8 Å². The molecule has 1 aliphatic carbocycles. The minimum atomic E-state index is -0.283. The summed E-state index contributed by atoms with van der Waals surface area (Å²) in [6, 6.07) is 8.55. The quantitative estimate of drug-likeness (QED) is 0.788. The van der Waals surface area contributed by atoms with E-state index in [1.807, 2.05) is 18.3 Å². The second-order valence-electron chi connectivity index (χ2n) is 7.29. The lowest BCUT2D eigenvalue weighted by Crippen LogP contribution is -2.42. The molecule has 2 heterocycles. The fourth-order valence-corrected chi connectivity index (χ4v) is 4.54. The van der Waals surface area contributed by atoms with E-state index in [4.69, 9.17) is 4.74 Å². The fraction of sp³-hybridized carbons (Fsp3) is 0.500. The van der Waals surface area contributed by atoms with Crippen LogP contribution in [0.5, 0.6) is 0 Å². The lowest BCUT2D eigenvalue weighted by atomic mass is 9.85. The van der Waals surface area contributed by atoms with Gasteiger partial charge in [0.2, 0.25) is 0 Å². The molecule has 0 amide bonds. The van der Waals surface area contributed by atoms with Crippen LogP contribution >= 0.6 is 0 Å². The molecule has 6 heteroatoms. The van der Waals surface area contributed by atoms with Gasteiger partial charge in [0.25, 0.3) is 0 Å². The van der Waals surface area contributed by atoms with Gasteiger partial charge in [0.1, 0.15) is 11.9 Å². The molecule has 2 aliphatic rings. The molecular weight excluding hydrogens is 333 g/mol. The molecule has 26 heavy (non-hydrogen) atoms. The van der Waals surface area contributed by atoms with Crippen LogP contribution in [-0.4, -0.2) is 39.8 Å². The molecule has 0 bridgehead atoms. The van der Waals surface area contributed by atoms with E-state index < -0.39 is 0 Å². The second kappa shape index (κ2) is 7.19. The van der Waals surface area contributed by atoms with Crippen LogP contribution in [0.1, 0.15) is 37.8 Å². The highest BCUT2D eigenvalue weighted by Gasteiger charge is 2.45. The summed E-state index contributed by atoms with van der Waals surface area (Å²) in [5.74, 6) is 0.136. The molecule has 1 aliphatic heterocycles. The Morgan fingerprint density at radius 3 is 2.96 bits per heavy atom. The molecule has 5 nitrogen and oxygen atoms in total. The van der Waals surface area contributed by atoms with E-state index in [-0.39, 0.29) is 17.8 Å². The van der Waals surface area contributed by atoms with Crippen LogP contribution in [0.3, 0.4) is 0 Å². The fourth-order valence-electron chi connectivity index (χ4n) is 4.54. The molecule has 0 radical (unpaired) electrons. The van der Waals surface area contributed by atoms with Crippen molar-refractivity contribution >= 4 is 5.97 Å². The Morgan fingerprint density at radius 1 is 1.31 bits per heavy atom. The maximum absolute atomic E-state index is 13.5. The Hall–Kier alpha value is -2.21. The normalized spacial score (nSPS) is 25.8. The third kappa shape index (κ3) is 3.26. The molecule has 0 spiro atoms. The van der Waals surface area contributed by atoms with Crippen molar-refractivity contribution in [2.24, 2.45) is 5.92 Å². The van der Waals surface area contributed by atoms with Crippen LogP contribution < -0.4 is 0 Å². The summed E-state index contributed by atoms with van der Waals surface area (Å²) in [7, 11) is 1.46. The van der Waals surface area contributed by atoms with Gasteiger partial charge in [0.15, 0.2) is 0 Å². The molecule has 1 saturated carbocycles. The summed E-state index contributed by atoms with van der Waals surface area (Å²) in [5.41, 5.74) is 1.58. The summed E-state index contributed by atoms with van der Waals surface area (Å²) >= 11 is 0. The average Bonchev–Trinajstić information content (AvgIpc) is 3.27. The van der Waals surface area contributed by atoms with E-state index in [0.717, 1.165) is 18.5 Å². The summed E-state index contributed by atoms with van der Waals surface area (Å²) in [4.78, 5) is 14.6. The highest BCUT2D eigenvalue weighted by molar-refractivity contribution is 5.76. The van der Waals surface area contributed by atoms with Gasteiger partial charge in [-0.2, -0.15) is 5.10 Å². The van der Waals surface area contributed by atoms with Gasteiger partial charge < -0.3 is 4.74 Å². The first-order valence-corrected chi connectivity index (χ1v) is 9.30.